The van der Waals surface area contributed by atoms with Crippen molar-refractivity contribution in [2.45, 2.75) is 19.4 Å². The van der Waals surface area contributed by atoms with Crippen molar-refractivity contribution in [2.75, 3.05) is 6.54 Å². The fraction of sp³-hybridized carbons (Fsp3) is 0.200. The van der Waals surface area contributed by atoms with E-state index in [1.807, 2.05) is 61.1 Å². The molecule has 0 fully saturated rings. The lowest BCUT2D eigenvalue weighted by Gasteiger charge is -2.15. The van der Waals surface area contributed by atoms with Crippen molar-refractivity contribution in [1.82, 2.24) is 4.57 Å². The van der Waals surface area contributed by atoms with Crippen molar-refractivity contribution in [2.24, 2.45) is 12.8 Å². The lowest BCUT2D eigenvalue weighted by molar-refractivity contribution is 0.294. The lowest BCUT2D eigenvalue weighted by Crippen LogP contribution is -2.09. The number of benzene rings is 3. The zero-order chi connectivity index (χ0) is 20.4. The molecule has 148 valence electrons. The number of fused-ring (bicyclic) bond motifs is 1. The maximum Gasteiger partial charge on any atom is 0.165 e. The van der Waals surface area contributed by atoms with Gasteiger partial charge in [-0.15, -0.1) is 0 Å². The van der Waals surface area contributed by atoms with E-state index >= 15 is 0 Å². The number of rotatable bonds is 6. The van der Waals surface area contributed by atoms with Crippen LogP contribution in [0.15, 0.2) is 72.9 Å². The van der Waals surface area contributed by atoms with E-state index in [1.54, 1.807) is 6.07 Å². The van der Waals surface area contributed by atoms with Gasteiger partial charge in [-0.3, -0.25) is 0 Å². The van der Waals surface area contributed by atoms with E-state index in [0.29, 0.717) is 12.3 Å². The molecule has 1 unspecified atom stereocenters. The Morgan fingerprint density at radius 2 is 1.72 bits per heavy atom. The molecule has 4 rings (SSSR count). The van der Waals surface area contributed by atoms with Crippen LogP contribution in [0.4, 0.5) is 4.39 Å². The molecule has 0 aliphatic carbocycles. The largest absolute Gasteiger partial charge is 0.485 e. The minimum atomic E-state index is -0.355. The smallest absolute Gasteiger partial charge is 0.165 e. The fourth-order valence-electron chi connectivity index (χ4n) is 3.80. The van der Waals surface area contributed by atoms with Crippen LogP contribution in [0.25, 0.3) is 22.0 Å². The van der Waals surface area contributed by atoms with E-state index in [-0.39, 0.29) is 18.3 Å². The quantitative estimate of drug-likeness (QED) is 0.465. The predicted octanol–water partition coefficient (Wildman–Crippen LogP) is 5.63. The van der Waals surface area contributed by atoms with Gasteiger partial charge in [0.2, 0.25) is 0 Å². The summed E-state index contributed by atoms with van der Waals surface area (Å²) in [5, 5.41) is 0.808. The van der Waals surface area contributed by atoms with Crippen molar-refractivity contribution in [3.63, 3.8) is 0 Å². The molecule has 0 spiro atoms. The molecule has 3 aromatic carbocycles. The summed E-state index contributed by atoms with van der Waals surface area (Å²) in [5.41, 5.74) is 11.1. The summed E-state index contributed by atoms with van der Waals surface area (Å²) in [5.74, 6) is 0.0482. The summed E-state index contributed by atoms with van der Waals surface area (Å²) in [6.45, 7) is 2.83. The highest BCUT2D eigenvalue weighted by molar-refractivity contribution is 5.90. The summed E-state index contributed by atoms with van der Waals surface area (Å²) in [7, 11) is 1.96. The van der Waals surface area contributed by atoms with E-state index in [2.05, 4.69) is 18.2 Å². The molecule has 4 aromatic rings. The lowest BCUT2D eigenvalue weighted by atomic mass is 9.99. The van der Waals surface area contributed by atoms with Crippen molar-refractivity contribution in [3.8, 4) is 16.9 Å². The van der Waals surface area contributed by atoms with Gasteiger partial charge in [-0.2, -0.15) is 0 Å². The third-order valence-electron chi connectivity index (χ3n) is 5.45. The summed E-state index contributed by atoms with van der Waals surface area (Å²) in [6.07, 6.45) is 2.02. The second kappa shape index (κ2) is 8.10. The number of nitrogens with two attached hydrogens (primary N) is 1. The Labute approximate surface area is 170 Å². The van der Waals surface area contributed by atoms with Gasteiger partial charge >= 0.3 is 0 Å². The Balaban J connectivity index is 1.74. The molecule has 0 saturated heterocycles. The molecule has 0 aliphatic heterocycles. The number of nitrogens with zero attached hydrogens (tertiary/aromatic N) is 1. The third-order valence-corrected chi connectivity index (χ3v) is 5.45. The average Bonchev–Trinajstić information content (AvgIpc) is 3.10. The third kappa shape index (κ3) is 3.64. The van der Waals surface area contributed by atoms with Crippen LogP contribution in [0.1, 0.15) is 24.0 Å². The molecule has 0 bridgehead atoms. The normalized spacial score (nSPS) is 12.3. The molecule has 0 radical (unpaired) electrons. The molecule has 0 aliphatic rings. The summed E-state index contributed by atoms with van der Waals surface area (Å²) >= 11 is 0. The highest BCUT2D eigenvalue weighted by Crippen LogP contribution is 2.37. The van der Waals surface area contributed by atoms with Gasteiger partial charge in [0.15, 0.2) is 11.6 Å². The van der Waals surface area contributed by atoms with E-state index < -0.39 is 0 Å². The van der Waals surface area contributed by atoms with Crippen LogP contribution in [-0.4, -0.2) is 11.1 Å². The van der Waals surface area contributed by atoms with Crippen LogP contribution < -0.4 is 10.5 Å². The van der Waals surface area contributed by atoms with Crippen LogP contribution in [0.2, 0.25) is 0 Å². The topological polar surface area (TPSA) is 40.2 Å². The van der Waals surface area contributed by atoms with Crippen molar-refractivity contribution in [1.29, 1.82) is 0 Å². The second-order valence-electron chi connectivity index (χ2n) is 7.41. The van der Waals surface area contributed by atoms with Crippen LogP contribution in [0, 0.1) is 5.82 Å². The first-order valence-electron chi connectivity index (χ1n) is 9.83. The monoisotopic (exact) mass is 388 g/mol. The highest BCUT2D eigenvalue weighted by atomic mass is 19.1. The van der Waals surface area contributed by atoms with Gasteiger partial charge in [0.05, 0.1) is 5.52 Å². The second-order valence-corrected chi connectivity index (χ2v) is 7.41. The van der Waals surface area contributed by atoms with Crippen LogP contribution >= 0.6 is 0 Å². The minimum absolute atomic E-state index is 0.111. The predicted molar refractivity (Wildman–Crippen MR) is 117 cm³/mol. The van der Waals surface area contributed by atoms with E-state index in [9.17, 15) is 4.39 Å². The molecule has 3 nitrogen and oxygen atoms in total. The van der Waals surface area contributed by atoms with Gasteiger partial charge in [0.1, 0.15) is 6.61 Å². The maximum atomic E-state index is 14.8. The van der Waals surface area contributed by atoms with Crippen molar-refractivity contribution < 1.29 is 9.13 Å². The van der Waals surface area contributed by atoms with E-state index in [4.69, 9.17) is 10.5 Å². The molecule has 4 heteroatoms. The SMILES string of the molecule is CC(CN)c1cn(C)c2ccc(F)c(OCc3ccccc3-c3ccccc3)c12. The minimum Gasteiger partial charge on any atom is -0.485 e. The van der Waals surface area contributed by atoms with Crippen molar-refractivity contribution >= 4 is 10.9 Å². The maximum absolute atomic E-state index is 14.8. The molecule has 29 heavy (non-hydrogen) atoms. The van der Waals surface area contributed by atoms with Gasteiger partial charge in [-0.25, -0.2) is 4.39 Å². The fourth-order valence-corrected chi connectivity index (χ4v) is 3.80. The van der Waals surface area contributed by atoms with Crippen molar-refractivity contribution in [3.05, 3.63) is 89.9 Å². The summed E-state index contributed by atoms with van der Waals surface area (Å²) < 4.78 is 23.0. The zero-order valence-corrected chi connectivity index (χ0v) is 16.7. The summed E-state index contributed by atoms with van der Waals surface area (Å²) in [4.78, 5) is 0. The van der Waals surface area contributed by atoms with Crippen LogP contribution in [0.5, 0.6) is 5.75 Å². The van der Waals surface area contributed by atoms with Gasteiger partial charge in [-0.1, -0.05) is 61.5 Å². The first-order chi connectivity index (χ1) is 14.1. The zero-order valence-electron chi connectivity index (χ0n) is 16.7. The van der Waals surface area contributed by atoms with Gasteiger partial charge < -0.3 is 15.0 Å². The molecule has 0 amide bonds. The average molecular weight is 388 g/mol. The summed E-state index contributed by atoms with van der Waals surface area (Å²) in [6, 6.07) is 21.5. The first kappa shape index (κ1) is 19.2. The molecule has 1 heterocycles. The Morgan fingerprint density at radius 3 is 2.48 bits per heavy atom. The van der Waals surface area contributed by atoms with Crippen LogP contribution in [0.3, 0.4) is 0 Å². The van der Waals surface area contributed by atoms with Gasteiger partial charge in [0.25, 0.3) is 0 Å². The number of hydrogen-bond donors (Lipinski definition) is 1. The van der Waals surface area contributed by atoms with Gasteiger partial charge in [-0.05, 0) is 46.8 Å². The van der Waals surface area contributed by atoms with E-state index in [1.165, 1.54) is 6.07 Å². The Hall–Kier alpha value is -3.11. The number of aromatic nitrogens is 1. The molecule has 1 aromatic heterocycles. The molecule has 0 saturated carbocycles. The highest BCUT2D eigenvalue weighted by Gasteiger charge is 2.20. The number of ether oxygens (including phenoxy) is 1. The number of halogens is 1. The first-order valence-corrected chi connectivity index (χ1v) is 9.83. The van der Waals surface area contributed by atoms with Crippen LogP contribution in [-0.2, 0) is 13.7 Å². The van der Waals surface area contributed by atoms with E-state index in [0.717, 1.165) is 33.2 Å². The molecule has 2 N–H and O–H groups in total. The number of aryl methyl sites for hydroxylation is 1. The Morgan fingerprint density at radius 1 is 1.00 bits per heavy atom. The number of hydrogen-bond acceptors (Lipinski definition) is 2. The molecular weight excluding hydrogens is 363 g/mol. The molecular formula is C25H25FN2O. The Kier molecular flexibility index (Phi) is 5.36. The molecule has 1 atom stereocenters. The standard InChI is InChI=1S/C25H25FN2O/c1-17(14-27)21-15-28(2)23-13-12-22(26)25(24(21)23)29-16-19-10-6-7-11-20(19)18-8-4-3-5-9-18/h3-13,15,17H,14,16,27H2,1-2H3. The Bertz CT molecular complexity index is 1130. The van der Waals surface area contributed by atoms with Gasteiger partial charge in [0, 0.05) is 18.6 Å².